The van der Waals surface area contributed by atoms with Crippen molar-refractivity contribution in [3.8, 4) is 11.5 Å². The molecule has 0 aliphatic rings. The Morgan fingerprint density at radius 3 is 2.27 bits per heavy atom. The Balaban J connectivity index is 2.68. The van der Waals surface area contributed by atoms with Gasteiger partial charge in [-0.3, -0.25) is 19.1 Å². The lowest BCUT2D eigenvalue weighted by Gasteiger charge is -2.25. The number of methoxy groups -OCH3 is 2. The Labute approximate surface area is 182 Å². The molecule has 1 amide bonds. The summed E-state index contributed by atoms with van der Waals surface area (Å²) in [5.74, 6) is 0.328. The zero-order valence-electron chi connectivity index (χ0n) is 17.6. The highest BCUT2D eigenvalue weighted by atomic mass is 79.9. The van der Waals surface area contributed by atoms with Gasteiger partial charge >= 0.3 is 5.69 Å². The first-order valence-corrected chi connectivity index (χ1v) is 10.5. The van der Waals surface area contributed by atoms with Crippen molar-refractivity contribution >= 4 is 33.3 Å². The van der Waals surface area contributed by atoms with Gasteiger partial charge in [0.2, 0.25) is 0 Å². The number of unbranched alkanes of at least 4 members (excludes halogenated alkanes) is 1. The van der Waals surface area contributed by atoms with E-state index in [0.717, 1.165) is 6.42 Å². The lowest BCUT2D eigenvalue weighted by molar-refractivity contribution is 0.0985. The lowest BCUT2D eigenvalue weighted by atomic mass is 10.1. The van der Waals surface area contributed by atoms with Crippen LogP contribution in [0.5, 0.6) is 11.5 Å². The number of nitrogen functional groups attached to an aromatic ring is 1. The second kappa shape index (κ2) is 10.3. The molecule has 30 heavy (non-hydrogen) atoms. The molecule has 164 valence electrons. The first kappa shape index (κ1) is 23.5. The molecule has 9 nitrogen and oxygen atoms in total. The molecule has 1 heterocycles. The van der Waals surface area contributed by atoms with Gasteiger partial charge in [0.25, 0.3) is 11.5 Å². The average molecular weight is 483 g/mol. The minimum atomic E-state index is -0.703. The minimum Gasteiger partial charge on any atom is -0.495 e. The van der Waals surface area contributed by atoms with Crippen LogP contribution in [0.3, 0.4) is 0 Å². The normalized spacial score (nSPS) is 10.7. The van der Waals surface area contributed by atoms with Gasteiger partial charge in [0.1, 0.15) is 21.8 Å². The Morgan fingerprint density at radius 2 is 1.77 bits per heavy atom. The highest BCUT2D eigenvalue weighted by Crippen LogP contribution is 2.36. The third kappa shape index (κ3) is 4.69. The monoisotopic (exact) mass is 482 g/mol. The maximum atomic E-state index is 13.5. The standard InChI is InChI=1S/C20H27BrN4O5/c1-5-7-9-24(16-17(22)25(8-6-2)20(28)23-18(16)26)19(27)12-10-13(29-3)15(21)14(11-12)30-4/h10-11H,5-9,22H2,1-4H3,(H,23,26,28). The highest BCUT2D eigenvalue weighted by molar-refractivity contribution is 9.10. The van der Waals surface area contributed by atoms with E-state index in [1.807, 2.05) is 13.8 Å². The van der Waals surface area contributed by atoms with Gasteiger partial charge in [0, 0.05) is 18.7 Å². The van der Waals surface area contributed by atoms with Crippen molar-refractivity contribution in [2.45, 2.75) is 39.7 Å². The molecule has 0 saturated carbocycles. The molecule has 2 rings (SSSR count). The number of carbonyl (C=O) groups excluding carboxylic acids is 1. The predicted molar refractivity (Wildman–Crippen MR) is 120 cm³/mol. The molecule has 10 heteroatoms. The van der Waals surface area contributed by atoms with Crippen molar-refractivity contribution in [1.82, 2.24) is 9.55 Å². The SMILES string of the molecule is CCCCN(C(=O)c1cc(OC)c(Br)c(OC)c1)c1c(N)n(CCC)c(=O)[nH]c1=O. The minimum absolute atomic E-state index is 0.0360. The van der Waals surface area contributed by atoms with Crippen LogP contribution in [0.2, 0.25) is 0 Å². The van der Waals surface area contributed by atoms with E-state index < -0.39 is 17.2 Å². The van der Waals surface area contributed by atoms with E-state index in [1.54, 1.807) is 12.1 Å². The summed E-state index contributed by atoms with van der Waals surface area (Å²) < 4.78 is 12.5. The number of nitrogens with zero attached hydrogens (tertiary/aromatic N) is 2. The van der Waals surface area contributed by atoms with Crippen LogP contribution in [0, 0.1) is 0 Å². The number of anilines is 2. The number of aromatic amines is 1. The number of carbonyl (C=O) groups is 1. The lowest BCUT2D eigenvalue weighted by Crippen LogP contribution is -2.41. The smallest absolute Gasteiger partial charge is 0.330 e. The van der Waals surface area contributed by atoms with E-state index in [4.69, 9.17) is 15.2 Å². The fourth-order valence-corrected chi connectivity index (χ4v) is 3.62. The van der Waals surface area contributed by atoms with Gasteiger partial charge < -0.3 is 20.1 Å². The Morgan fingerprint density at radius 1 is 1.17 bits per heavy atom. The summed E-state index contributed by atoms with van der Waals surface area (Å²) in [6.45, 7) is 4.44. The van der Waals surface area contributed by atoms with Crippen LogP contribution in [0.25, 0.3) is 0 Å². The van der Waals surface area contributed by atoms with E-state index in [0.29, 0.717) is 35.4 Å². The summed E-state index contributed by atoms with van der Waals surface area (Å²) in [5.41, 5.74) is 5.11. The Bertz CT molecular complexity index is 1010. The van der Waals surface area contributed by atoms with E-state index in [2.05, 4.69) is 20.9 Å². The van der Waals surface area contributed by atoms with Gasteiger partial charge in [-0.05, 0) is 40.9 Å². The van der Waals surface area contributed by atoms with Crippen LogP contribution in [0.15, 0.2) is 26.2 Å². The molecular formula is C20H27BrN4O5. The second-order valence-corrected chi connectivity index (χ2v) is 7.44. The van der Waals surface area contributed by atoms with Gasteiger partial charge in [0.15, 0.2) is 5.69 Å². The van der Waals surface area contributed by atoms with Crippen molar-refractivity contribution in [3.63, 3.8) is 0 Å². The summed E-state index contributed by atoms with van der Waals surface area (Å²) in [7, 11) is 2.96. The number of H-pyrrole nitrogens is 1. The molecule has 0 unspecified atom stereocenters. The fraction of sp³-hybridized carbons (Fsp3) is 0.450. The number of nitrogens with one attached hydrogen (secondary N) is 1. The number of rotatable bonds is 9. The molecule has 1 aromatic heterocycles. The van der Waals surface area contributed by atoms with Crippen LogP contribution >= 0.6 is 15.9 Å². The largest absolute Gasteiger partial charge is 0.495 e. The summed E-state index contributed by atoms with van der Waals surface area (Å²) >= 11 is 3.38. The molecule has 0 aliphatic heterocycles. The van der Waals surface area contributed by atoms with Crippen LogP contribution in [0.1, 0.15) is 43.5 Å². The maximum Gasteiger partial charge on any atom is 0.330 e. The molecule has 1 aromatic carbocycles. The summed E-state index contributed by atoms with van der Waals surface area (Å²) in [6, 6.07) is 3.11. The van der Waals surface area contributed by atoms with Crippen molar-refractivity contribution in [2.75, 3.05) is 31.4 Å². The van der Waals surface area contributed by atoms with Crippen LogP contribution < -0.4 is 31.4 Å². The Kier molecular flexibility index (Phi) is 8.10. The van der Waals surface area contributed by atoms with Gasteiger partial charge in [-0.25, -0.2) is 4.79 Å². The maximum absolute atomic E-state index is 13.5. The molecule has 0 bridgehead atoms. The number of nitrogens with two attached hydrogens (primary N) is 1. The number of amides is 1. The first-order valence-electron chi connectivity index (χ1n) is 9.66. The number of halogens is 1. The molecular weight excluding hydrogens is 456 g/mol. The average Bonchev–Trinajstić information content (AvgIpc) is 2.73. The van der Waals surface area contributed by atoms with Gasteiger partial charge in [-0.1, -0.05) is 20.3 Å². The second-order valence-electron chi connectivity index (χ2n) is 6.65. The zero-order valence-corrected chi connectivity index (χ0v) is 19.2. The fourth-order valence-electron chi connectivity index (χ4n) is 3.06. The van der Waals surface area contributed by atoms with Crippen LogP contribution in [0.4, 0.5) is 11.5 Å². The van der Waals surface area contributed by atoms with Crippen LogP contribution in [-0.2, 0) is 6.54 Å². The quantitative estimate of drug-likeness (QED) is 0.566. The number of hydrogen-bond acceptors (Lipinski definition) is 6. The van der Waals surface area contributed by atoms with E-state index in [-0.39, 0.29) is 23.6 Å². The molecule has 2 aromatic rings. The molecule has 0 atom stereocenters. The molecule has 0 aliphatic carbocycles. The van der Waals surface area contributed by atoms with Gasteiger partial charge in [0.05, 0.1) is 14.2 Å². The number of benzene rings is 1. The summed E-state index contributed by atoms with van der Waals surface area (Å²) in [4.78, 5) is 41.9. The summed E-state index contributed by atoms with van der Waals surface area (Å²) in [5, 5.41) is 0. The van der Waals surface area contributed by atoms with E-state index in [1.165, 1.54) is 23.7 Å². The Hall–Kier alpha value is -2.75. The molecule has 0 saturated heterocycles. The number of aromatic nitrogens is 2. The van der Waals surface area contributed by atoms with E-state index in [9.17, 15) is 14.4 Å². The zero-order chi connectivity index (χ0) is 22.4. The van der Waals surface area contributed by atoms with Gasteiger partial charge in [-0.2, -0.15) is 0 Å². The van der Waals surface area contributed by atoms with Crippen molar-refractivity contribution in [3.05, 3.63) is 43.0 Å². The van der Waals surface area contributed by atoms with E-state index >= 15 is 0 Å². The summed E-state index contributed by atoms with van der Waals surface area (Å²) in [6.07, 6.45) is 2.07. The van der Waals surface area contributed by atoms with Crippen molar-refractivity contribution < 1.29 is 14.3 Å². The predicted octanol–water partition coefficient (Wildman–Crippen LogP) is 2.76. The molecule has 0 fully saturated rings. The number of hydrogen-bond donors (Lipinski definition) is 2. The third-order valence-corrected chi connectivity index (χ3v) is 5.39. The van der Waals surface area contributed by atoms with Gasteiger partial charge in [-0.15, -0.1) is 0 Å². The number of ether oxygens (including phenoxy) is 2. The first-order chi connectivity index (χ1) is 14.3. The topological polar surface area (TPSA) is 120 Å². The molecule has 3 N–H and O–H groups in total. The third-order valence-electron chi connectivity index (χ3n) is 4.60. The van der Waals surface area contributed by atoms with Crippen molar-refractivity contribution in [2.24, 2.45) is 0 Å². The molecule has 0 radical (unpaired) electrons. The van der Waals surface area contributed by atoms with Crippen molar-refractivity contribution in [1.29, 1.82) is 0 Å². The van der Waals surface area contributed by atoms with Crippen LogP contribution in [-0.4, -0.2) is 36.2 Å². The molecule has 0 spiro atoms. The highest BCUT2D eigenvalue weighted by Gasteiger charge is 2.26.